The Morgan fingerprint density at radius 3 is 2.90 bits per heavy atom. The molecule has 0 saturated carbocycles. The van der Waals surface area contributed by atoms with Crippen LogP contribution in [0.2, 0.25) is 0 Å². The molecule has 0 atom stereocenters. The van der Waals surface area contributed by atoms with Crippen molar-refractivity contribution in [1.29, 1.82) is 0 Å². The fraction of sp³-hybridized carbons (Fsp3) is 0.250. The molecule has 3 rings (SSSR count). The molecule has 20 heavy (non-hydrogen) atoms. The van der Waals surface area contributed by atoms with E-state index in [2.05, 4.69) is 16.7 Å². The molecule has 0 spiro atoms. The lowest BCUT2D eigenvalue weighted by Gasteiger charge is -2.12. The molecule has 0 fully saturated rings. The topological polar surface area (TPSA) is 24.1 Å². The van der Waals surface area contributed by atoms with E-state index >= 15 is 0 Å². The van der Waals surface area contributed by atoms with Gasteiger partial charge in [0.25, 0.3) is 0 Å². The maximum absolute atomic E-state index is 13.8. The summed E-state index contributed by atoms with van der Waals surface area (Å²) in [6, 6.07) is 8.50. The zero-order valence-corrected chi connectivity index (χ0v) is 11.3. The number of nitrogens with one attached hydrogen (secondary N) is 2. The Morgan fingerprint density at radius 1 is 1.20 bits per heavy atom. The molecule has 4 heteroatoms. The van der Waals surface area contributed by atoms with Crippen LogP contribution in [-0.4, -0.2) is 6.54 Å². The SMILES string of the molecule is Cc1cc(F)c(NCc2cccc3c2NCC3)cc1F. The van der Waals surface area contributed by atoms with Gasteiger partial charge in [-0.05, 0) is 36.1 Å². The Hall–Kier alpha value is -2.10. The first-order valence-corrected chi connectivity index (χ1v) is 6.69. The molecule has 1 aliphatic rings. The van der Waals surface area contributed by atoms with Crippen LogP contribution in [0.25, 0.3) is 0 Å². The summed E-state index contributed by atoms with van der Waals surface area (Å²) in [4.78, 5) is 0. The van der Waals surface area contributed by atoms with Crippen LogP contribution in [0.1, 0.15) is 16.7 Å². The van der Waals surface area contributed by atoms with Gasteiger partial charge in [0.2, 0.25) is 0 Å². The van der Waals surface area contributed by atoms with E-state index in [0.29, 0.717) is 12.1 Å². The van der Waals surface area contributed by atoms with Crippen LogP contribution < -0.4 is 10.6 Å². The molecular formula is C16H16F2N2. The van der Waals surface area contributed by atoms with Gasteiger partial charge in [0.1, 0.15) is 11.6 Å². The number of fused-ring (bicyclic) bond motifs is 1. The first-order valence-electron chi connectivity index (χ1n) is 6.69. The predicted molar refractivity (Wildman–Crippen MR) is 77.1 cm³/mol. The van der Waals surface area contributed by atoms with Crippen LogP contribution in [-0.2, 0) is 13.0 Å². The molecule has 0 radical (unpaired) electrons. The molecule has 1 aliphatic heterocycles. The monoisotopic (exact) mass is 274 g/mol. The third kappa shape index (κ3) is 2.33. The lowest BCUT2D eigenvalue weighted by molar-refractivity contribution is 0.594. The zero-order chi connectivity index (χ0) is 14.1. The van der Waals surface area contributed by atoms with Gasteiger partial charge >= 0.3 is 0 Å². The predicted octanol–water partition coefficient (Wildman–Crippen LogP) is 3.85. The molecule has 0 amide bonds. The highest BCUT2D eigenvalue weighted by Gasteiger charge is 2.14. The van der Waals surface area contributed by atoms with E-state index in [0.717, 1.165) is 24.2 Å². The number of rotatable bonds is 3. The highest BCUT2D eigenvalue weighted by molar-refractivity contribution is 5.62. The van der Waals surface area contributed by atoms with Crippen LogP contribution in [0.15, 0.2) is 30.3 Å². The smallest absolute Gasteiger partial charge is 0.146 e. The van der Waals surface area contributed by atoms with Crippen molar-refractivity contribution in [2.45, 2.75) is 19.9 Å². The minimum absolute atomic E-state index is 0.198. The van der Waals surface area contributed by atoms with E-state index in [1.165, 1.54) is 17.7 Å². The van der Waals surface area contributed by atoms with Crippen molar-refractivity contribution in [2.75, 3.05) is 17.2 Å². The first-order chi connectivity index (χ1) is 9.65. The maximum atomic E-state index is 13.8. The van der Waals surface area contributed by atoms with Gasteiger partial charge in [-0.3, -0.25) is 0 Å². The van der Waals surface area contributed by atoms with Crippen LogP contribution in [0.4, 0.5) is 20.2 Å². The van der Waals surface area contributed by atoms with E-state index in [-0.39, 0.29) is 5.69 Å². The highest BCUT2D eigenvalue weighted by Crippen LogP contribution is 2.27. The highest BCUT2D eigenvalue weighted by atomic mass is 19.1. The van der Waals surface area contributed by atoms with Crippen LogP contribution in [0, 0.1) is 18.6 Å². The molecule has 0 aromatic heterocycles. The first kappa shape index (κ1) is 12.9. The Kier molecular flexibility index (Phi) is 3.30. The standard InChI is InChI=1S/C16H16F2N2/c1-10-7-14(18)15(8-13(10)17)20-9-12-4-2-3-11-5-6-19-16(11)12/h2-4,7-8,19-20H,5-6,9H2,1H3. The quantitative estimate of drug-likeness (QED) is 0.888. The lowest BCUT2D eigenvalue weighted by Crippen LogP contribution is -2.05. The van der Waals surface area contributed by atoms with Gasteiger partial charge in [-0.15, -0.1) is 0 Å². The fourth-order valence-electron chi connectivity index (χ4n) is 2.53. The van der Waals surface area contributed by atoms with Crippen LogP contribution in [0.5, 0.6) is 0 Å². The summed E-state index contributed by atoms with van der Waals surface area (Å²) in [7, 11) is 0. The molecule has 0 unspecified atom stereocenters. The molecule has 1 heterocycles. The number of hydrogen-bond acceptors (Lipinski definition) is 2. The Balaban J connectivity index is 1.81. The molecule has 2 nitrogen and oxygen atoms in total. The Bertz CT molecular complexity index is 653. The van der Waals surface area contributed by atoms with Gasteiger partial charge in [-0.2, -0.15) is 0 Å². The Morgan fingerprint density at radius 2 is 2.05 bits per heavy atom. The van der Waals surface area contributed by atoms with Crippen molar-refractivity contribution in [2.24, 2.45) is 0 Å². The summed E-state index contributed by atoms with van der Waals surface area (Å²) in [5.74, 6) is -0.824. The van der Waals surface area contributed by atoms with Crippen molar-refractivity contribution < 1.29 is 8.78 Å². The average molecular weight is 274 g/mol. The molecule has 0 bridgehead atoms. The lowest BCUT2D eigenvalue weighted by atomic mass is 10.1. The summed E-state index contributed by atoms with van der Waals surface area (Å²) in [6.45, 7) is 2.95. The maximum Gasteiger partial charge on any atom is 0.146 e. The zero-order valence-electron chi connectivity index (χ0n) is 11.3. The molecule has 2 aromatic carbocycles. The van der Waals surface area contributed by atoms with E-state index in [1.807, 2.05) is 12.1 Å². The van der Waals surface area contributed by atoms with E-state index in [4.69, 9.17) is 0 Å². The molecule has 0 aliphatic carbocycles. The van der Waals surface area contributed by atoms with Gasteiger partial charge < -0.3 is 10.6 Å². The van der Waals surface area contributed by atoms with Crippen LogP contribution in [0.3, 0.4) is 0 Å². The Labute approximate surface area is 116 Å². The second-order valence-electron chi connectivity index (χ2n) is 5.06. The number of aryl methyl sites for hydroxylation is 1. The van der Waals surface area contributed by atoms with Crippen molar-refractivity contribution in [3.63, 3.8) is 0 Å². The summed E-state index contributed by atoms with van der Waals surface area (Å²) in [5.41, 5.74) is 3.98. The van der Waals surface area contributed by atoms with E-state index in [9.17, 15) is 8.78 Å². The number of anilines is 2. The van der Waals surface area contributed by atoms with Crippen molar-refractivity contribution in [3.8, 4) is 0 Å². The van der Waals surface area contributed by atoms with Crippen molar-refractivity contribution in [1.82, 2.24) is 0 Å². The molecule has 0 saturated heterocycles. The van der Waals surface area contributed by atoms with Crippen molar-refractivity contribution >= 4 is 11.4 Å². The largest absolute Gasteiger partial charge is 0.384 e. The number of halogens is 2. The number of para-hydroxylation sites is 1. The third-order valence-corrected chi connectivity index (χ3v) is 3.65. The minimum atomic E-state index is -0.426. The van der Waals surface area contributed by atoms with Gasteiger partial charge in [0.05, 0.1) is 5.69 Å². The van der Waals surface area contributed by atoms with Crippen LogP contribution >= 0.6 is 0 Å². The molecule has 2 aromatic rings. The third-order valence-electron chi connectivity index (χ3n) is 3.65. The summed E-state index contributed by atoms with van der Waals surface area (Å²) < 4.78 is 27.2. The normalized spacial score (nSPS) is 12.9. The fourth-order valence-corrected chi connectivity index (χ4v) is 2.53. The second-order valence-corrected chi connectivity index (χ2v) is 5.06. The number of benzene rings is 2. The van der Waals surface area contributed by atoms with Gasteiger partial charge in [0, 0.05) is 24.8 Å². The molecular weight excluding hydrogens is 258 g/mol. The second kappa shape index (κ2) is 5.12. The molecule has 2 N–H and O–H groups in total. The van der Waals surface area contributed by atoms with Gasteiger partial charge in [-0.1, -0.05) is 18.2 Å². The minimum Gasteiger partial charge on any atom is -0.384 e. The van der Waals surface area contributed by atoms with Gasteiger partial charge in [-0.25, -0.2) is 8.78 Å². The van der Waals surface area contributed by atoms with E-state index < -0.39 is 11.6 Å². The van der Waals surface area contributed by atoms with E-state index in [1.54, 1.807) is 6.92 Å². The van der Waals surface area contributed by atoms with Gasteiger partial charge in [0.15, 0.2) is 0 Å². The van der Waals surface area contributed by atoms with Crippen molar-refractivity contribution in [3.05, 3.63) is 58.7 Å². The summed E-state index contributed by atoms with van der Waals surface area (Å²) >= 11 is 0. The summed E-state index contributed by atoms with van der Waals surface area (Å²) in [6.07, 6.45) is 1.01. The molecule has 104 valence electrons. The summed E-state index contributed by atoms with van der Waals surface area (Å²) in [5, 5.41) is 6.30. The number of hydrogen-bond donors (Lipinski definition) is 2. The average Bonchev–Trinajstić information content (AvgIpc) is 2.90.